The van der Waals surface area contributed by atoms with Crippen molar-refractivity contribution in [2.24, 2.45) is 5.92 Å². The van der Waals surface area contributed by atoms with Crippen LogP contribution in [0.3, 0.4) is 0 Å². The Morgan fingerprint density at radius 3 is 2.38 bits per heavy atom. The normalized spacial score (nSPS) is 12.0. The van der Waals surface area contributed by atoms with Crippen LogP contribution in [0.2, 0.25) is 0 Å². The first-order chi connectivity index (χ1) is 11.1. The molecule has 1 N–H and O–H groups in total. The van der Waals surface area contributed by atoms with E-state index < -0.39 is 23.5 Å². The highest BCUT2D eigenvalue weighted by atomic mass is 19.4. The molecule has 1 heterocycles. The van der Waals surface area contributed by atoms with Crippen molar-refractivity contribution in [3.63, 3.8) is 0 Å². The number of aromatic nitrogens is 1. The highest BCUT2D eigenvalue weighted by molar-refractivity contribution is 5.86. The summed E-state index contributed by atoms with van der Waals surface area (Å²) < 4.78 is 52.8. The lowest BCUT2D eigenvalue weighted by molar-refractivity contribution is -0.140. The van der Waals surface area contributed by atoms with Gasteiger partial charge in [-0.1, -0.05) is 19.9 Å². The number of carboxylic acids is 1. The summed E-state index contributed by atoms with van der Waals surface area (Å²) >= 11 is 0. The summed E-state index contributed by atoms with van der Waals surface area (Å²) in [5, 5.41) is 9.25. The van der Waals surface area contributed by atoms with E-state index in [2.05, 4.69) is 0 Å². The Morgan fingerprint density at radius 1 is 1.21 bits per heavy atom. The number of hydrogen-bond donors (Lipinski definition) is 1. The van der Waals surface area contributed by atoms with Gasteiger partial charge >= 0.3 is 12.1 Å². The van der Waals surface area contributed by atoms with E-state index in [1.54, 1.807) is 6.20 Å². The van der Waals surface area contributed by atoms with E-state index in [0.717, 1.165) is 17.7 Å². The van der Waals surface area contributed by atoms with E-state index in [9.17, 15) is 27.5 Å². The lowest BCUT2D eigenvalue weighted by Gasteiger charge is -2.11. The summed E-state index contributed by atoms with van der Waals surface area (Å²) in [5.74, 6) is -2.19. The average Bonchev–Trinajstić information content (AvgIpc) is 2.79. The Kier molecular flexibility index (Phi) is 5.01. The number of hydrogen-bond acceptors (Lipinski definition) is 1. The van der Waals surface area contributed by atoms with E-state index in [1.165, 1.54) is 10.6 Å². The summed E-state index contributed by atoms with van der Waals surface area (Å²) in [6, 6.07) is 4.14. The molecule has 0 amide bonds. The molecule has 1 aromatic heterocycles. The van der Waals surface area contributed by atoms with E-state index in [0.29, 0.717) is 18.4 Å². The third-order valence-electron chi connectivity index (χ3n) is 3.51. The zero-order valence-corrected chi connectivity index (χ0v) is 13.2. The van der Waals surface area contributed by atoms with Crippen molar-refractivity contribution in [1.82, 2.24) is 4.57 Å². The van der Waals surface area contributed by atoms with Gasteiger partial charge in [-0.05, 0) is 41.7 Å². The standard InChI is InChI=1S/C17H17F4NO2/c1-10(2)5-12-7-15(16(23)24)22(9-12)8-11-3-4-13(14(18)6-11)17(19,20)21/h3-4,6-7,9-10H,5,8H2,1-2H3,(H,23,24). The van der Waals surface area contributed by atoms with Crippen LogP contribution in [0, 0.1) is 11.7 Å². The molecule has 0 aliphatic heterocycles. The van der Waals surface area contributed by atoms with Gasteiger partial charge in [-0.3, -0.25) is 0 Å². The maximum atomic E-state index is 13.6. The molecule has 2 aromatic rings. The number of carbonyl (C=O) groups is 1. The fourth-order valence-electron chi connectivity index (χ4n) is 2.55. The molecule has 0 saturated carbocycles. The molecule has 24 heavy (non-hydrogen) atoms. The van der Waals surface area contributed by atoms with Crippen LogP contribution in [0.1, 0.15) is 41.0 Å². The number of nitrogens with zero attached hydrogens (tertiary/aromatic N) is 1. The maximum absolute atomic E-state index is 13.6. The Labute approximate surface area is 136 Å². The third kappa shape index (κ3) is 4.15. The molecule has 0 atom stereocenters. The van der Waals surface area contributed by atoms with E-state index in [1.807, 2.05) is 13.8 Å². The van der Waals surface area contributed by atoms with Gasteiger partial charge in [0, 0.05) is 12.7 Å². The van der Waals surface area contributed by atoms with Crippen LogP contribution in [0.4, 0.5) is 17.6 Å². The zero-order chi connectivity index (χ0) is 18.1. The van der Waals surface area contributed by atoms with Gasteiger partial charge in [-0.2, -0.15) is 13.2 Å². The smallest absolute Gasteiger partial charge is 0.419 e. The largest absolute Gasteiger partial charge is 0.477 e. The molecule has 0 unspecified atom stereocenters. The van der Waals surface area contributed by atoms with Gasteiger partial charge in [0.1, 0.15) is 11.5 Å². The molecule has 130 valence electrons. The highest BCUT2D eigenvalue weighted by Crippen LogP contribution is 2.31. The van der Waals surface area contributed by atoms with E-state index in [4.69, 9.17) is 0 Å². The van der Waals surface area contributed by atoms with Crippen LogP contribution < -0.4 is 0 Å². The lowest BCUT2D eigenvalue weighted by Crippen LogP contribution is -2.11. The monoisotopic (exact) mass is 343 g/mol. The van der Waals surface area contributed by atoms with Gasteiger partial charge in [0.15, 0.2) is 0 Å². The lowest BCUT2D eigenvalue weighted by atomic mass is 10.1. The predicted molar refractivity (Wildman–Crippen MR) is 80.4 cm³/mol. The average molecular weight is 343 g/mol. The number of benzene rings is 1. The summed E-state index contributed by atoms with van der Waals surface area (Å²) in [7, 11) is 0. The fraction of sp³-hybridized carbons (Fsp3) is 0.353. The Hall–Kier alpha value is -2.31. The second-order valence-corrected chi connectivity index (χ2v) is 6.08. The maximum Gasteiger partial charge on any atom is 0.419 e. The second-order valence-electron chi connectivity index (χ2n) is 6.08. The number of rotatable bonds is 5. The van der Waals surface area contributed by atoms with Crippen molar-refractivity contribution in [3.05, 3.63) is 58.7 Å². The quantitative estimate of drug-likeness (QED) is 0.807. The van der Waals surface area contributed by atoms with E-state index in [-0.39, 0.29) is 17.8 Å². The van der Waals surface area contributed by atoms with Crippen LogP contribution in [-0.4, -0.2) is 15.6 Å². The number of aromatic carboxylic acids is 1. The topological polar surface area (TPSA) is 42.2 Å². The first kappa shape index (κ1) is 18.0. The van der Waals surface area contributed by atoms with Gasteiger partial charge in [0.2, 0.25) is 0 Å². The SMILES string of the molecule is CC(C)Cc1cc(C(=O)O)n(Cc2ccc(C(F)(F)F)c(F)c2)c1. The number of carboxylic acid groups (broad SMARTS) is 1. The molecular formula is C17H17F4NO2. The molecule has 0 radical (unpaired) electrons. The molecule has 0 spiro atoms. The van der Waals surface area contributed by atoms with Crippen molar-refractivity contribution in [2.75, 3.05) is 0 Å². The Bertz CT molecular complexity index is 748. The van der Waals surface area contributed by atoms with Crippen molar-refractivity contribution in [3.8, 4) is 0 Å². The van der Waals surface area contributed by atoms with Gasteiger partial charge in [-0.25, -0.2) is 9.18 Å². The molecule has 0 aliphatic carbocycles. The minimum absolute atomic E-state index is 0.0191. The minimum atomic E-state index is -4.76. The van der Waals surface area contributed by atoms with Crippen molar-refractivity contribution in [2.45, 2.75) is 33.0 Å². The van der Waals surface area contributed by atoms with Crippen LogP contribution in [-0.2, 0) is 19.1 Å². The molecule has 3 nitrogen and oxygen atoms in total. The minimum Gasteiger partial charge on any atom is -0.477 e. The van der Waals surface area contributed by atoms with Gasteiger partial charge in [0.25, 0.3) is 0 Å². The summed E-state index contributed by atoms with van der Waals surface area (Å²) in [4.78, 5) is 11.3. The molecule has 0 bridgehead atoms. The van der Waals surface area contributed by atoms with Crippen LogP contribution in [0.15, 0.2) is 30.5 Å². The summed E-state index contributed by atoms with van der Waals surface area (Å²) in [5.41, 5.74) is -0.242. The predicted octanol–water partition coefficient (Wildman–Crippen LogP) is 4.59. The van der Waals surface area contributed by atoms with E-state index >= 15 is 0 Å². The van der Waals surface area contributed by atoms with Gasteiger partial charge < -0.3 is 9.67 Å². The fourth-order valence-corrected chi connectivity index (χ4v) is 2.55. The molecule has 2 rings (SSSR count). The van der Waals surface area contributed by atoms with Gasteiger partial charge in [-0.15, -0.1) is 0 Å². The first-order valence-corrected chi connectivity index (χ1v) is 7.36. The molecule has 7 heteroatoms. The number of halogens is 4. The van der Waals surface area contributed by atoms with Gasteiger partial charge in [0.05, 0.1) is 5.56 Å². The highest BCUT2D eigenvalue weighted by Gasteiger charge is 2.33. The molecule has 1 aromatic carbocycles. The molecular weight excluding hydrogens is 326 g/mol. The van der Waals surface area contributed by atoms with Crippen molar-refractivity contribution >= 4 is 5.97 Å². The zero-order valence-electron chi connectivity index (χ0n) is 13.2. The summed E-state index contributed by atoms with van der Waals surface area (Å²) in [6.07, 6.45) is -2.44. The Morgan fingerprint density at radius 2 is 1.88 bits per heavy atom. The molecule has 0 aliphatic rings. The van der Waals surface area contributed by atoms with Crippen molar-refractivity contribution < 1.29 is 27.5 Å². The third-order valence-corrected chi connectivity index (χ3v) is 3.51. The first-order valence-electron chi connectivity index (χ1n) is 7.36. The van der Waals surface area contributed by atoms with Crippen molar-refractivity contribution in [1.29, 1.82) is 0 Å². The second kappa shape index (κ2) is 6.67. The van der Waals surface area contributed by atoms with Crippen LogP contribution in [0.5, 0.6) is 0 Å². The van der Waals surface area contributed by atoms with Crippen LogP contribution in [0.25, 0.3) is 0 Å². The molecule has 0 fully saturated rings. The number of alkyl halides is 3. The Balaban J connectivity index is 2.32. The molecule has 0 saturated heterocycles. The van der Waals surface area contributed by atoms with Crippen LogP contribution >= 0.6 is 0 Å². The summed E-state index contributed by atoms with van der Waals surface area (Å²) in [6.45, 7) is 3.96.